The number of benzene rings is 2. The molecule has 0 aliphatic heterocycles. The van der Waals surface area contributed by atoms with Gasteiger partial charge in [0.2, 0.25) is 0 Å². The smallest absolute Gasteiger partial charge is 0.335 e. The molecule has 0 atom stereocenters. The minimum Gasteiger partial charge on any atom is -0.494 e. The molecule has 0 aliphatic carbocycles. The summed E-state index contributed by atoms with van der Waals surface area (Å²) < 4.78 is 19.1. The Hall–Kier alpha value is -3.02. The van der Waals surface area contributed by atoms with E-state index < -0.39 is 11.8 Å². The molecule has 3 aromatic rings. The third-order valence-corrected chi connectivity index (χ3v) is 4.09. The molecular formula is C19H17FN2O3. The van der Waals surface area contributed by atoms with Crippen LogP contribution >= 0.6 is 0 Å². The third kappa shape index (κ3) is 3.03. The molecule has 0 amide bonds. The van der Waals surface area contributed by atoms with Crippen molar-refractivity contribution in [3.05, 3.63) is 53.6 Å². The number of aromatic nitrogens is 2. The van der Waals surface area contributed by atoms with E-state index in [1.165, 1.54) is 25.6 Å². The van der Waals surface area contributed by atoms with E-state index in [9.17, 15) is 14.3 Å². The van der Waals surface area contributed by atoms with Gasteiger partial charge in [0, 0.05) is 17.0 Å². The van der Waals surface area contributed by atoms with Crippen LogP contribution in [0.5, 0.6) is 5.75 Å². The van der Waals surface area contributed by atoms with Crippen LogP contribution in [0.2, 0.25) is 0 Å². The first kappa shape index (κ1) is 16.8. The van der Waals surface area contributed by atoms with Crippen LogP contribution in [-0.4, -0.2) is 28.2 Å². The van der Waals surface area contributed by atoms with Crippen LogP contribution in [0, 0.1) is 5.82 Å². The Kier molecular flexibility index (Phi) is 4.35. The van der Waals surface area contributed by atoms with Crippen molar-refractivity contribution in [2.45, 2.75) is 19.8 Å². The number of hydrogen-bond acceptors (Lipinski definition) is 4. The average molecular weight is 340 g/mol. The molecule has 0 fully saturated rings. The molecule has 128 valence electrons. The third-order valence-electron chi connectivity index (χ3n) is 4.09. The van der Waals surface area contributed by atoms with Crippen LogP contribution in [0.3, 0.4) is 0 Å². The van der Waals surface area contributed by atoms with E-state index >= 15 is 0 Å². The van der Waals surface area contributed by atoms with Crippen molar-refractivity contribution in [2.75, 3.05) is 7.11 Å². The van der Waals surface area contributed by atoms with E-state index in [0.717, 1.165) is 0 Å². The van der Waals surface area contributed by atoms with Gasteiger partial charge in [0.25, 0.3) is 0 Å². The number of hydrogen-bond donors (Lipinski definition) is 1. The average Bonchev–Trinajstić information content (AvgIpc) is 2.60. The van der Waals surface area contributed by atoms with Crippen LogP contribution in [0.25, 0.3) is 22.2 Å². The molecule has 1 N–H and O–H groups in total. The van der Waals surface area contributed by atoms with Gasteiger partial charge in [-0.2, -0.15) is 0 Å². The van der Waals surface area contributed by atoms with Crippen molar-refractivity contribution >= 4 is 16.9 Å². The zero-order chi connectivity index (χ0) is 18.1. The normalized spacial score (nSPS) is 11.1. The number of carboxylic acid groups (broad SMARTS) is 1. The molecule has 1 heterocycles. The highest BCUT2D eigenvalue weighted by Gasteiger charge is 2.17. The van der Waals surface area contributed by atoms with Crippen LogP contribution in [0.1, 0.15) is 35.7 Å². The number of aromatic carboxylic acids is 1. The number of rotatable bonds is 4. The number of fused-ring (bicyclic) bond motifs is 1. The molecule has 5 nitrogen and oxygen atoms in total. The zero-order valence-electron chi connectivity index (χ0n) is 14.1. The molecule has 25 heavy (non-hydrogen) atoms. The lowest BCUT2D eigenvalue weighted by atomic mass is 9.93. The number of carbonyl (C=O) groups is 1. The first-order valence-electron chi connectivity index (χ1n) is 7.78. The molecule has 0 saturated carbocycles. The predicted molar refractivity (Wildman–Crippen MR) is 92.5 cm³/mol. The molecule has 6 heteroatoms. The highest BCUT2D eigenvalue weighted by molar-refractivity contribution is 5.95. The Labute approximate surface area is 144 Å². The van der Waals surface area contributed by atoms with Crippen LogP contribution in [-0.2, 0) is 0 Å². The summed E-state index contributed by atoms with van der Waals surface area (Å²) >= 11 is 0. The number of methoxy groups -OCH3 is 1. The van der Waals surface area contributed by atoms with Crippen molar-refractivity contribution in [1.29, 1.82) is 0 Å². The highest BCUT2D eigenvalue weighted by Crippen LogP contribution is 2.32. The van der Waals surface area contributed by atoms with Gasteiger partial charge < -0.3 is 9.84 Å². The number of carboxylic acids is 1. The minimum absolute atomic E-state index is 0.0241. The maximum absolute atomic E-state index is 14.1. The fourth-order valence-corrected chi connectivity index (χ4v) is 2.83. The maximum atomic E-state index is 14.1. The quantitative estimate of drug-likeness (QED) is 0.768. The summed E-state index contributed by atoms with van der Waals surface area (Å²) in [7, 11) is 1.39. The molecule has 3 rings (SSSR count). The minimum atomic E-state index is -0.974. The molecule has 0 unspecified atom stereocenters. The summed E-state index contributed by atoms with van der Waals surface area (Å²) in [6.45, 7) is 3.85. The van der Waals surface area contributed by atoms with Gasteiger partial charge in [-0.3, -0.25) is 0 Å². The van der Waals surface area contributed by atoms with Crippen molar-refractivity contribution in [3.8, 4) is 17.0 Å². The van der Waals surface area contributed by atoms with Gasteiger partial charge in [-0.1, -0.05) is 19.9 Å². The van der Waals surface area contributed by atoms with Gasteiger partial charge in [-0.25, -0.2) is 19.2 Å². The second-order valence-corrected chi connectivity index (χ2v) is 5.99. The lowest BCUT2D eigenvalue weighted by molar-refractivity contribution is 0.0695. The van der Waals surface area contributed by atoms with Gasteiger partial charge in [0.15, 0.2) is 11.6 Å². The first-order valence-corrected chi connectivity index (χ1v) is 7.78. The monoisotopic (exact) mass is 340 g/mol. The summed E-state index contributed by atoms with van der Waals surface area (Å²) in [5, 5.41) is 9.89. The van der Waals surface area contributed by atoms with E-state index in [1.54, 1.807) is 18.2 Å². The van der Waals surface area contributed by atoms with Crippen LogP contribution < -0.4 is 4.74 Å². The Balaban J connectivity index is 2.24. The summed E-state index contributed by atoms with van der Waals surface area (Å²) in [6, 6.07) is 7.88. The molecule has 0 saturated heterocycles. The number of nitrogens with zero attached hydrogens (tertiary/aromatic N) is 2. The summed E-state index contributed by atoms with van der Waals surface area (Å²) in [5.74, 6) is -1.34. The van der Waals surface area contributed by atoms with Gasteiger partial charge in [-0.15, -0.1) is 0 Å². The molecule has 0 aliphatic rings. The Morgan fingerprint density at radius 1 is 1.20 bits per heavy atom. The predicted octanol–water partition coefficient (Wildman–Crippen LogP) is 4.27. The van der Waals surface area contributed by atoms with Crippen LogP contribution in [0.4, 0.5) is 4.39 Å². The topological polar surface area (TPSA) is 72.3 Å². The number of halogens is 1. The molecule has 0 bridgehead atoms. The maximum Gasteiger partial charge on any atom is 0.335 e. The highest BCUT2D eigenvalue weighted by atomic mass is 19.1. The van der Waals surface area contributed by atoms with Gasteiger partial charge >= 0.3 is 5.97 Å². The second kappa shape index (κ2) is 6.47. The van der Waals surface area contributed by atoms with Crippen molar-refractivity contribution in [1.82, 2.24) is 9.97 Å². The SMILES string of the molecule is COc1cc2ncnc(-c3ccc(C(=O)O)c(C(C)C)c3)c2cc1F. The summed E-state index contributed by atoms with van der Waals surface area (Å²) in [6.07, 6.45) is 1.40. The van der Waals surface area contributed by atoms with E-state index in [2.05, 4.69) is 9.97 Å². The van der Waals surface area contributed by atoms with Gasteiger partial charge in [0.05, 0.1) is 23.9 Å². The summed E-state index contributed by atoms with van der Waals surface area (Å²) in [5.41, 5.74) is 2.77. The van der Waals surface area contributed by atoms with Gasteiger partial charge in [-0.05, 0) is 29.7 Å². The van der Waals surface area contributed by atoms with Crippen molar-refractivity contribution in [2.24, 2.45) is 0 Å². The fraction of sp³-hybridized carbons (Fsp3) is 0.211. The Bertz CT molecular complexity index is 970. The fourth-order valence-electron chi connectivity index (χ4n) is 2.83. The first-order chi connectivity index (χ1) is 11.9. The summed E-state index contributed by atoms with van der Waals surface area (Å²) in [4.78, 5) is 19.9. The van der Waals surface area contributed by atoms with Crippen LogP contribution in [0.15, 0.2) is 36.7 Å². The molecular weight excluding hydrogens is 323 g/mol. The zero-order valence-corrected chi connectivity index (χ0v) is 14.1. The second-order valence-electron chi connectivity index (χ2n) is 5.99. The molecule has 0 radical (unpaired) electrons. The van der Waals surface area contributed by atoms with Crippen molar-refractivity contribution < 1.29 is 19.0 Å². The van der Waals surface area contributed by atoms with E-state index in [0.29, 0.717) is 27.7 Å². The lowest BCUT2D eigenvalue weighted by Crippen LogP contribution is -2.04. The van der Waals surface area contributed by atoms with E-state index in [4.69, 9.17) is 4.74 Å². The molecule has 1 aromatic heterocycles. The molecule has 0 spiro atoms. The van der Waals surface area contributed by atoms with E-state index in [-0.39, 0.29) is 17.2 Å². The Morgan fingerprint density at radius 2 is 1.96 bits per heavy atom. The number of ether oxygens (including phenoxy) is 1. The van der Waals surface area contributed by atoms with Gasteiger partial charge in [0.1, 0.15) is 6.33 Å². The van der Waals surface area contributed by atoms with E-state index in [1.807, 2.05) is 13.8 Å². The standard InChI is InChI=1S/C19H17FN2O3/c1-10(2)13-6-11(4-5-12(13)19(23)24)18-14-7-15(20)17(25-3)8-16(14)21-9-22-18/h4-10H,1-3H3,(H,23,24). The lowest BCUT2D eigenvalue weighted by Gasteiger charge is -2.13. The Morgan fingerprint density at radius 3 is 2.60 bits per heavy atom. The molecule has 2 aromatic carbocycles. The largest absolute Gasteiger partial charge is 0.494 e. The van der Waals surface area contributed by atoms with Crippen molar-refractivity contribution in [3.63, 3.8) is 0 Å².